The summed E-state index contributed by atoms with van der Waals surface area (Å²) >= 11 is 0. The van der Waals surface area contributed by atoms with Crippen LogP contribution in [0.3, 0.4) is 0 Å². The standard InChI is InChI=1S/C22H23NO4/c1-25-21-9-8-19(27-15-16-6-4-3-5-7-16)12-18(21)13-20(24)17-10-11-23-22(14-17)26-2/h3-12,14,20,24H,13,15H2,1-2H3. The lowest BCUT2D eigenvalue weighted by molar-refractivity contribution is 0.176. The zero-order chi connectivity index (χ0) is 19.1. The molecule has 1 N–H and O–H groups in total. The average Bonchev–Trinajstić information content (AvgIpc) is 2.73. The lowest BCUT2D eigenvalue weighted by atomic mass is 10.0. The lowest BCUT2D eigenvalue weighted by Gasteiger charge is -2.16. The number of methoxy groups -OCH3 is 2. The second kappa shape index (κ2) is 9.05. The number of aromatic nitrogens is 1. The minimum absolute atomic E-state index is 0.388. The molecule has 0 amide bonds. The highest BCUT2D eigenvalue weighted by molar-refractivity contribution is 5.41. The second-order valence-electron chi connectivity index (χ2n) is 6.10. The molecule has 27 heavy (non-hydrogen) atoms. The topological polar surface area (TPSA) is 60.8 Å². The molecule has 3 aromatic rings. The number of nitrogens with zero attached hydrogens (tertiary/aromatic N) is 1. The number of aliphatic hydroxyl groups excluding tert-OH is 1. The van der Waals surface area contributed by atoms with Crippen LogP contribution in [-0.2, 0) is 13.0 Å². The minimum atomic E-state index is -0.708. The van der Waals surface area contributed by atoms with E-state index in [1.807, 2.05) is 48.5 Å². The van der Waals surface area contributed by atoms with Gasteiger partial charge in [-0.25, -0.2) is 4.98 Å². The Morgan fingerprint density at radius 2 is 1.78 bits per heavy atom. The molecule has 3 rings (SSSR count). The van der Waals surface area contributed by atoms with Crippen molar-refractivity contribution in [1.82, 2.24) is 4.98 Å². The van der Waals surface area contributed by atoms with Crippen molar-refractivity contribution < 1.29 is 19.3 Å². The van der Waals surface area contributed by atoms with E-state index in [9.17, 15) is 5.11 Å². The molecule has 0 bridgehead atoms. The molecule has 0 aliphatic heterocycles. The molecule has 0 spiro atoms. The van der Waals surface area contributed by atoms with E-state index in [1.165, 1.54) is 0 Å². The van der Waals surface area contributed by atoms with Gasteiger partial charge in [0.05, 0.1) is 20.3 Å². The predicted octanol–water partition coefficient (Wildman–Crippen LogP) is 3.95. The Hall–Kier alpha value is -3.05. The largest absolute Gasteiger partial charge is 0.496 e. The summed E-state index contributed by atoms with van der Waals surface area (Å²) < 4.78 is 16.5. The molecule has 1 aromatic heterocycles. The Bertz CT molecular complexity index is 867. The molecule has 140 valence electrons. The van der Waals surface area contributed by atoms with Gasteiger partial charge in [0.2, 0.25) is 5.88 Å². The van der Waals surface area contributed by atoms with E-state index in [0.29, 0.717) is 24.7 Å². The van der Waals surface area contributed by atoms with Crippen molar-refractivity contribution >= 4 is 0 Å². The van der Waals surface area contributed by atoms with E-state index in [2.05, 4.69) is 4.98 Å². The zero-order valence-electron chi connectivity index (χ0n) is 15.5. The third-order valence-corrected chi connectivity index (χ3v) is 4.27. The van der Waals surface area contributed by atoms with Crippen LogP contribution in [0.5, 0.6) is 17.4 Å². The summed E-state index contributed by atoms with van der Waals surface area (Å²) in [6.45, 7) is 0.483. The van der Waals surface area contributed by atoms with Crippen molar-refractivity contribution in [1.29, 1.82) is 0 Å². The summed E-state index contributed by atoms with van der Waals surface area (Å²) in [7, 11) is 3.17. The minimum Gasteiger partial charge on any atom is -0.496 e. The van der Waals surface area contributed by atoms with Gasteiger partial charge in [0.1, 0.15) is 18.1 Å². The summed E-state index contributed by atoms with van der Waals surface area (Å²) in [5.74, 6) is 1.91. The fourth-order valence-corrected chi connectivity index (χ4v) is 2.81. The molecule has 0 saturated heterocycles. The van der Waals surface area contributed by atoms with E-state index in [-0.39, 0.29) is 0 Å². The van der Waals surface area contributed by atoms with Crippen molar-refractivity contribution in [2.24, 2.45) is 0 Å². The molecule has 0 saturated carbocycles. The van der Waals surface area contributed by atoms with Crippen molar-refractivity contribution in [2.45, 2.75) is 19.1 Å². The van der Waals surface area contributed by atoms with Crippen LogP contribution in [0.4, 0.5) is 0 Å². The molecular weight excluding hydrogens is 342 g/mol. The molecular formula is C22H23NO4. The fourth-order valence-electron chi connectivity index (χ4n) is 2.81. The molecule has 0 aliphatic carbocycles. The molecule has 0 fully saturated rings. The quantitative estimate of drug-likeness (QED) is 0.655. The number of rotatable bonds is 8. The second-order valence-corrected chi connectivity index (χ2v) is 6.10. The molecule has 1 heterocycles. The smallest absolute Gasteiger partial charge is 0.213 e. The molecule has 1 unspecified atom stereocenters. The van der Waals surface area contributed by atoms with E-state index in [1.54, 1.807) is 32.5 Å². The molecule has 2 aromatic carbocycles. The van der Waals surface area contributed by atoms with Gasteiger partial charge in [0.25, 0.3) is 0 Å². The van der Waals surface area contributed by atoms with Gasteiger partial charge >= 0.3 is 0 Å². The van der Waals surface area contributed by atoms with Gasteiger partial charge in [-0.3, -0.25) is 0 Å². The van der Waals surface area contributed by atoms with Crippen molar-refractivity contribution in [3.63, 3.8) is 0 Å². The summed E-state index contributed by atoms with van der Waals surface area (Å²) in [5, 5.41) is 10.6. The molecule has 0 radical (unpaired) electrons. The van der Waals surface area contributed by atoms with Crippen molar-refractivity contribution in [2.75, 3.05) is 14.2 Å². The Balaban J connectivity index is 1.74. The number of hydrogen-bond acceptors (Lipinski definition) is 5. The maximum Gasteiger partial charge on any atom is 0.213 e. The number of pyridine rings is 1. The monoisotopic (exact) mass is 365 g/mol. The van der Waals surface area contributed by atoms with Gasteiger partial charge in [-0.05, 0) is 35.4 Å². The number of ether oxygens (including phenoxy) is 3. The third-order valence-electron chi connectivity index (χ3n) is 4.27. The Morgan fingerprint density at radius 1 is 0.963 bits per heavy atom. The van der Waals surface area contributed by atoms with Gasteiger partial charge in [0.15, 0.2) is 0 Å². The van der Waals surface area contributed by atoms with Crippen LogP contribution in [0.25, 0.3) is 0 Å². The zero-order valence-corrected chi connectivity index (χ0v) is 15.5. The Labute approximate surface area is 159 Å². The maximum atomic E-state index is 10.6. The van der Waals surface area contributed by atoms with Gasteiger partial charge in [0, 0.05) is 24.2 Å². The Kier molecular flexibility index (Phi) is 6.28. The first-order valence-electron chi connectivity index (χ1n) is 8.71. The van der Waals surface area contributed by atoms with Gasteiger partial charge in [-0.2, -0.15) is 0 Å². The van der Waals surface area contributed by atoms with Crippen LogP contribution in [-0.4, -0.2) is 24.3 Å². The van der Waals surface area contributed by atoms with E-state index in [4.69, 9.17) is 14.2 Å². The van der Waals surface area contributed by atoms with Crippen LogP contribution in [0.2, 0.25) is 0 Å². The highest BCUT2D eigenvalue weighted by Gasteiger charge is 2.14. The summed E-state index contributed by atoms with van der Waals surface area (Å²) in [4.78, 5) is 4.07. The Morgan fingerprint density at radius 3 is 2.52 bits per heavy atom. The van der Waals surface area contributed by atoms with Crippen LogP contribution in [0.15, 0.2) is 66.9 Å². The molecule has 0 aliphatic rings. The molecule has 5 heteroatoms. The maximum absolute atomic E-state index is 10.6. The summed E-state index contributed by atoms with van der Waals surface area (Å²) in [5.41, 5.74) is 2.70. The highest BCUT2D eigenvalue weighted by atomic mass is 16.5. The molecule has 5 nitrogen and oxygen atoms in total. The van der Waals surface area contributed by atoms with Crippen LogP contribution in [0, 0.1) is 0 Å². The van der Waals surface area contributed by atoms with Gasteiger partial charge in [-0.15, -0.1) is 0 Å². The lowest BCUT2D eigenvalue weighted by Crippen LogP contribution is -2.05. The first kappa shape index (κ1) is 18.7. The first-order valence-corrected chi connectivity index (χ1v) is 8.71. The predicted molar refractivity (Wildman–Crippen MR) is 103 cm³/mol. The number of aliphatic hydroxyl groups is 1. The summed E-state index contributed by atoms with van der Waals surface area (Å²) in [6.07, 6.45) is 1.30. The van der Waals surface area contributed by atoms with Gasteiger partial charge in [-0.1, -0.05) is 30.3 Å². The fraction of sp³-hybridized carbons (Fsp3) is 0.227. The van der Waals surface area contributed by atoms with Gasteiger partial charge < -0.3 is 19.3 Å². The normalized spacial score (nSPS) is 11.7. The average molecular weight is 365 g/mol. The van der Waals surface area contributed by atoms with E-state index < -0.39 is 6.10 Å². The van der Waals surface area contributed by atoms with Crippen LogP contribution < -0.4 is 14.2 Å². The highest BCUT2D eigenvalue weighted by Crippen LogP contribution is 2.29. The first-order chi connectivity index (χ1) is 13.2. The van der Waals surface area contributed by atoms with Crippen molar-refractivity contribution in [3.05, 3.63) is 83.6 Å². The number of benzene rings is 2. The molecule has 1 atom stereocenters. The summed E-state index contributed by atoms with van der Waals surface area (Å²) in [6, 6.07) is 19.1. The van der Waals surface area contributed by atoms with Crippen molar-refractivity contribution in [3.8, 4) is 17.4 Å². The SMILES string of the molecule is COc1cc(C(O)Cc2cc(OCc3ccccc3)ccc2OC)ccn1. The van der Waals surface area contributed by atoms with E-state index >= 15 is 0 Å². The number of hydrogen-bond donors (Lipinski definition) is 1. The van der Waals surface area contributed by atoms with E-state index in [0.717, 1.165) is 22.4 Å². The van der Waals surface area contributed by atoms with Crippen LogP contribution >= 0.6 is 0 Å². The third kappa shape index (κ3) is 4.99. The van der Waals surface area contributed by atoms with Crippen LogP contribution in [0.1, 0.15) is 22.8 Å².